The van der Waals surface area contributed by atoms with Gasteiger partial charge in [0, 0.05) is 6.42 Å². The number of rotatable bonds is 5. The van der Waals surface area contributed by atoms with Gasteiger partial charge in [-0.05, 0) is 48.9 Å². The van der Waals surface area contributed by atoms with Crippen molar-refractivity contribution in [3.05, 3.63) is 28.8 Å². The number of amides is 1. The van der Waals surface area contributed by atoms with E-state index in [1.54, 1.807) is 0 Å². The maximum Gasteiger partial charge on any atom is 0.261 e. The lowest BCUT2D eigenvalue weighted by atomic mass is 10.0. The molecule has 0 radical (unpaired) electrons. The van der Waals surface area contributed by atoms with E-state index in [4.69, 9.17) is 4.74 Å². The molecule has 1 aliphatic heterocycles. The Balaban J connectivity index is 2.00. The Morgan fingerprint density at radius 2 is 2.05 bits per heavy atom. The molecule has 2 rings (SSSR count). The maximum atomic E-state index is 12.3. The van der Waals surface area contributed by atoms with Gasteiger partial charge in [0.05, 0.1) is 12.6 Å². The maximum absolute atomic E-state index is 12.3. The summed E-state index contributed by atoms with van der Waals surface area (Å²) in [5, 5.41) is 12.2. The lowest BCUT2D eigenvalue weighted by molar-refractivity contribution is -0.128. The molecule has 0 spiro atoms. The lowest BCUT2D eigenvalue weighted by Crippen LogP contribution is -2.45. The van der Waals surface area contributed by atoms with Gasteiger partial charge in [0.1, 0.15) is 5.75 Å². The molecule has 4 heteroatoms. The zero-order chi connectivity index (χ0) is 15.6. The van der Waals surface area contributed by atoms with Crippen LogP contribution in [0.25, 0.3) is 0 Å². The third kappa shape index (κ3) is 3.76. The van der Waals surface area contributed by atoms with Crippen LogP contribution in [0.5, 0.6) is 5.75 Å². The third-order valence-electron chi connectivity index (χ3n) is 3.97. The number of hydrogen-bond donors (Lipinski definition) is 2. The monoisotopic (exact) mass is 291 g/mol. The molecule has 0 saturated carbocycles. The van der Waals surface area contributed by atoms with E-state index in [1.165, 1.54) is 11.1 Å². The van der Waals surface area contributed by atoms with Gasteiger partial charge in [-0.15, -0.1) is 0 Å². The number of hydrogen-bond acceptors (Lipinski definition) is 3. The Labute approximate surface area is 126 Å². The number of aryl methyl sites for hydroxylation is 2. The molecule has 2 N–H and O–H groups in total. The van der Waals surface area contributed by atoms with E-state index >= 15 is 0 Å². The fraction of sp³-hybridized carbons (Fsp3) is 0.588. The Kier molecular flexibility index (Phi) is 4.88. The van der Waals surface area contributed by atoms with Crippen LogP contribution in [0.15, 0.2) is 12.1 Å². The van der Waals surface area contributed by atoms with Crippen LogP contribution < -0.4 is 10.1 Å². The first-order chi connectivity index (χ1) is 9.90. The van der Waals surface area contributed by atoms with Gasteiger partial charge in [0.15, 0.2) is 6.10 Å². The second-order valence-electron chi connectivity index (χ2n) is 6.37. The molecule has 1 aliphatic rings. The molecule has 21 heavy (non-hydrogen) atoms. The van der Waals surface area contributed by atoms with Gasteiger partial charge in [0.25, 0.3) is 5.91 Å². The second kappa shape index (κ2) is 6.48. The van der Waals surface area contributed by atoms with Crippen molar-refractivity contribution in [3.63, 3.8) is 0 Å². The van der Waals surface area contributed by atoms with Crippen molar-refractivity contribution < 1.29 is 14.6 Å². The van der Waals surface area contributed by atoms with Gasteiger partial charge in [-0.3, -0.25) is 4.79 Å². The SMILES string of the molecule is Cc1cc2c(cc1C)OC(C(=O)NC(CO)CC(C)C)C2. The number of carbonyl (C=O) groups is 1. The number of nitrogens with one attached hydrogen (secondary N) is 1. The second-order valence-corrected chi connectivity index (χ2v) is 6.37. The molecular formula is C17H25NO3. The highest BCUT2D eigenvalue weighted by Crippen LogP contribution is 2.31. The Morgan fingerprint density at radius 3 is 2.67 bits per heavy atom. The van der Waals surface area contributed by atoms with Crippen LogP contribution in [0.4, 0.5) is 0 Å². The molecule has 4 nitrogen and oxygen atoms in total. The average Bonchev–Trinajstić information content (AvgIpc) is 2.80. The van der Waals surface area contributed by atoms with Crippen molar-refractivity contribution in [2.45, 2.75) is 52.7 Å². The summed E-state index contributed by atoms with van der Waals surface area (Å²) in [7, 11) is 0. The number of aliphatic hydroxyl groups is 1. The molecule has 1 heterocycles. The molecule has 0 aromatic heterocycles. The Morgan fingerprint density at radius 1 is 1.38 bits per heavy atom. The van der Waals surface area contributed by atoms with Crippen molar-refractivity contribution >= 4 is 5.91 Å². The highest BCUT2D eigenvalue weighted by atomic mass is 16.5. The van der Waals surface area contributed by atoms with E-state index in [0.29, 0.717) is 12.3 Å². The fourth-order valence-electron chi connectivity index (χ4n) is 2.70. The normalized spacial score (nSPS) is 18.3. The first kappa shape index (κ1) is 15.8. The van der Waals surface area contributed by atoms with Crippen LogP contribution in [0.1, 0.15) is 37.0 Å². The van der Waals surface area contributed by atoms with E-state index in [9.17, 15) is 9.90 Å². The molecule has 0 fully saturated rings. The average molecular weight is 291 g/mol. The predicted molar refractivity (Wildman–Crippen MR) is 82.5 cm³/mol. The highest BCUT2D eigenvalue weighted by Gasteiger charge is 2.30. The van der Waals surface area contributed by atoms with Crippen LogP contribution in [0.2, 0.25) is 0 Å². The van der Waals surface area contributed by atoms with Crippen LogP contribution in [0.3, 0.4) is 0 Å². The molecule has 0 aliphatic carbocycles. The zero-order valence-corrected chi connectivity index (χ0v) is 13.3. The summed E-state index contributed by atoms with van der Waals surface area (Å²) in [5.41, 5.74) is 3.47. The zero-order valence-electron chi connectivity index (χ0n) is 13.3. The summed E-state index contributed by atoms with van der Waals surface area (Å²) in [6.07, 6.45) is 0.879. The molecule has 2 unspecified atom stereocenters. The predicted octanol–water partition coefficient (Wildman–Crippen LogP) is 2.13. The number of ether oxygens (including phenoxy) is 1. The van der Waals surface area contributed by atoms with Crippen LogP contribution >= 0.6 is 0 Å². The van der Waals surface area contributed by atoms with Gasteiger partial charge in [0.2, 0.25) is 0 Å². The van der Waals surface area contributed by atoms with E-state index in [2.05, 4.69) is 32.2 Å². The van der Waals surface area contributed by atoms with Gasteiger partial charge in [-0.2, -0.15) is 0 Å². The Hall–Kier alpha value is -1.55. The van der Waals surface area contributed by atoms with Gasteiger partial charge < -0.3 is 15.2 Å². The standard InChI is InChI=1S/C17H25NO3/c1-10(2)5-14(9-19)18-17(20)16-8-13-6-11(3)12(4)7-15(13)21-16/h6-7,10,14,16,19H,5,8-9H2,1-4H3,(H,18,20). The highest BCUT2D eigenvalue weighted by molar-refractivity contribution is 5.82. The fourth-order valence-corrected chi connectivity index (χ4v) is 2.70. The Bertz CT molecular complexity index is 494. The number of benzene rings is 1. The molecule has 1 aromatic carbocycles. The molecule has 1 amide bonds. The molecule has 0 bridgehead atoms. The van der Waals surface area contributed by atoms with Crippen LogP contribution in [0, 0.1) is 19.8 Å². The molecule has 116 valence electrons. The van der Waals surface area contributed by atoms with Crippen molar-refractivity contribution in [1.29, 1.82) is 0 Å². The summed E-state index contributed by atoms with van der Waals surface area (Å²) in [5.74, 6) is 1.10. The van der Waals surface area contributed by atoms with Crippen molar-refractivity contribution in [3.8, 4) is 5.75 Å². The summed E-state index contributed by atoms with van der Waals surface area (Å²) in [6.45, 7) is 8.20. The largest absolute Gasteiger partial charge is 0.480 e. The van der Waals surface area contributed by atoms with E-state index in [0.717, 1.165) is 17.7 Å². The molecule has 2 atom stereocenters. The van der Waals surface area contributed by atoms with E-state index in [1.807, 2.05) is 13.0 Å². The lowest BCUT2D eigenvalue weighted by Gasteiger charge is -2.20. The van der Waals surface area contributed by atoms with Gasteiger partial charge >= 0.3 is 0 Å². The number of fused-ring (bicyclic) bond motifs is 1. The van der Waals surface area contributed by atoms with Crippen molar-refractivity contribution in [2.24, 2.45) is 5.92 Å². The molecule has 1 aromatic rings. The molecular weight excluding hydrogens is 266 g/mol. The topological polar surface area (TPSA) is 58.6 Å². The quantitative estimate of drug-likeness (QED) is 0.874. The van der Waals surface area contributed by atoms with Gasteiger partial charge in [-0.25, -0.2) is 0 Å². The van der Waals surface area contributed by atoms with E-state index < -0.39 is 6.10 Å². The van der Waals surface area contributed by atoms with E-state index in [-0.39, 0.29) is 18.6 Å². The summed E-state index contributed by atoms with van der Waals surface area (Å²) in [6, 6.07) is 3.89. The van der Waals surface area contributed by atoms with Crippen molar-refractivity contribution in [1.82, 2.24) is 5.32 Å². The van der Waals surface area contributed by atoms with Crippen molar-refractivity contribution in [2.75, 3.05) is 6.61 Å². The number of aliphatic hydroxyl groups excluding tert-OH is 1. The summed E-state index contributed by atoms with van der Waals surface area (Å²) < 4.78 is 5.76. The number of carbonyl (C=O) groups excluding carboxylic acids is 1. The first-order valence-electron chi connectivity index (χ1n) is 7.58. The van der Waals surface area contributed by atoms with Crippen LogP contribution in [-0.2, 0) is 11.2 Å². The smallest absolute Gasteiger partial charge is 0.261 e. The molecule has 0 saturated heterocycles. The van der Waals surface area contributed by atoms with Gasteiger partial charge in [-0.1, -0.05) is 19.9 Å². The summed E-state index contributed by atoms with van der Waals surface area (Å²) >= 11 is 0. The minimum atomic E-state index is -0.484. The minimum Gasteiger partial charge on any atom is -0.480 e. The summed E-state index contributed by atoms with van der Waals surface area (Å²) in [4.78, 5) is 12.3. The first-order valence-corrected chi connectivity index (χ1v) is 7.58. The van der Waals surface area contributed by atoms with Crippen LogP contribution in [-0.4, -0.2) is 29.8 Å². The third-order valence-corrected chi connectivity index (χ3v) is 3.97. The minimum absolute atomic E-state index is 0.0399.